The standard InChI is InChI=1S/C14H30N2O2/c1-5-11(2)16(8-9-17-4)13(10-15)14-7-6-12(3)18-14/h11-14H,5-10,15H2,1-4H3. The molecule has 1 rings (SSSR count). The fourth-order valence-corrected chi connectivity index (χ4v) is 2.76. The van der Waals surface area contributed by atoms with Crippen LogP contribution in [0.5, 0.6) is 0 Å². The molecule has 0 bridgehead atoms. The SMILES string of the molecule is CCC(C)N(CCOC)C(CN)C1CCC(C)O1. The molecule has 0 aromatic heterocycles. The second-order valence-electron chi connectivity index (χ2n) is 5.35. The average molecular weight is 258 g/mol. The molecule has 1 saturated heterocycles. The first-order valence-electron chi connectivity index (χ1n) is 7.24. The molecule has 1 heterocycles. The lowest BCUT2D eigenvalue weighted by atomic mass is 10.0. The fraction of sp³-hybridized carbons (Fsp3) is 1.00. The van der Waals surface area contributed by atoms with Crippen LogP contribution in [0, 0.1) is 0 Å². The van der Waals surface area contributed by atoms with Gasteiger partial charge in [-0.25, -0.2) is 0 Å². The maximum absolute atomic E-state index is 6.01. The smallest absolute Gasteiger partial charge is 0.0747 e. The molecule has 1 aliphatic heterocycles. The topological polar surface area (TPSA) is 47.7 Å². The summed E-state index contributed by atoms with van der Waals surface area (Å²) in [4.78, 5) is 2.46. The van der Waals surface area contributed by atoms with Crippen LogP contribution in [0.2, 0.25) is 0 Å². The van der Waals surface area contributed by atoms with Gasteiger partial charge in [0.2, 0.25) is 0 Å². The molecular formula is C14H30N2O2. The zero-order valence-electron chi connectivity index (χ0n) is 12.4. The lowest BCUT2D eigenvalue weighted by molar-refractivity contribution is -0.0228. The summed E-state index contributed by atoms with van der Waals surface area (Å²) < 4.78 is 11.2. The van der Waals surface area contributed by atoms with Gasteiger partial charge >= 0.3 is 0 Å². The van der Waals surface area contributed by atoms with Crippen molar-refractivity contribution in [1.29, 1.82) is 0 Å². The molecule has 18 heavy (non-hydrogen) atoms. The Bertz CT molecular complexity index is 226. The van der Waals surface area contributed by atoms with Gasteiger partial charge in [0.1, 0.15) is 0 Å². The number of hydrogen-bond donors (Lipinski definition) is 1. The lowest BCUT2D eigenvalue weighted by Gasteiger charge is -2.38. The Labute approximate surface area is 112 Å². The van der Waals surface area contributed by atoms with E-state index in [-0.39, 0.29) is 6.10 Å². The maximum atomic E-state index is 6.01. The number of methoxy groups -OCH3 is 1. The minimum Gasteiger partial charge on any atom is -0.383 e. The van der Waals surface area contributed by atoms with Crippen LogP contribution in [-0.2, 0) is 9.47 Å². The minimum absolute atomic E-state index is 0.288. The Balaban J connectivity index is 2.66. The summed E-state index contributed by atoms with van der Waals surface area (Å²) in [6.07, 6.45) is 4.08. The third-order valence-electron chi connectivity index (χ3n) is 4.07. The molecule has 1 fully saturated rings. The molecule has 1 aliphatic rings. The normalized spacial score (nSPS) is 27.7. The van der Waals surface area contributed by atoms with E-state index in [4.69, 9.17) is 15.2 Å². The predicted molar refractivity (Wildman–Crippen MR) is 74.7 cm³/mol. The number of nitrogens with zero attached hydrogens (tertiary/aromatic N) is 1. The molecule has 108 valence electrons. The van der Waals surface area contributed by atoms with E-state index >= 15 is 0 Å². The van der Waals surface area contributed by atoms with E-state index in [2.05, 4.69) is 25.7 Å². The van der Waals surface area contributed by atoms with Crippen molar-refractivity contribution in [3.63, 3.8) is 0 Å². The summed E-state index contributed by atoms with van der Waals surface area (Å²) in [5.41, 5.74) is 6.00. The van der Waals surface area contributed by atoms with Crippen LogP contribution < -0.4 is 5.73 Å². The molecule has 0 radical (unpaired) electrons. The van der Waals surface area contributed by atoms with Gasteiger partial charge in [-0.2, -0.15) is 0 Å². The molecule has 4 unspecified atom stereocenters. The number of rotatable bonds is 8. The van der Waals surface area contributed by atoms with Gasteiger partial charge in [-0.05, 0) is 33.1 Å². The third kappa shape index (κ3) is 4.19. The summed E-state index contributed by atoms with van der Waals surface area (Å²) in [6, 6.07) is 0.841. The number of nitrogens with two attached hydrogens (primary N) is 1. The molecule has 0 spiro atoms. The van der Waals surface area contributed by atoms with Crippen molar-refractivity contribution in [3.8, 4) is 0 Å². The van der Waals surface area contributed by atoms with Crippen LogP contribution in [0.3, 0.4) is 0 Å². The van der Waals surface area contributed by atoms with Crippen LogP contribution in [0.15, 0.2) is 0 Å². The molecular weight excluding hydrogens is 228 g/mol. The van der Waals surface area contributed by atoms with Crippen molar-refractivity contribution in [2.75, 3.05) is 26.8 Å². The highest BCUT2D eigenvalue weighted by Gasteiger charge is 2.34. The Morgan fingerprint density at radius 2 is 2.17 bits per heavy atom. The van der Waals surface area contributed by atoms with E-state index in [0.29, 0.717) is 24.7 Å². The zero-order chi connectivity index (χ0) is 13.5. The van der Waals surface area contributed by atoms with Crippen LogP contribution in [0.25, 0.3) is 0 Å². The second kappa shape index (κ2) is 8.10. The Morgan fingerprint density at radius 1 is 1.44 bits per heavy atom. The molecule has 4 heteroatoms. The second-order valence-corrected chi connectivity index (χ2v) is 5.35. The molecule has 0 aliphatic carbocycles. The molecule has 0 amide bonds. The first kappa shape index (κ1) is 15.9. The fourth-order valence-electron chi connectivity index (χ4n) is 2.76. The molecule has 0 aromatic carbocycles. The van der Waals surface area contributed by atoms with Crippen molar-refractivity contribution >= 4 is 0 Å². The highest BCUT2D eigenvalue weighted by atomic mass is 16.5. The van der Waals surface area contributed by atoms with Crippen LogP contribution in [0.1, 0.15) is 40.0 Å². The average Bonchev–Trinajstić information content (AvgIpc) is 2.80. The highest BCUT2D eigenvalue weighted by molar-refractivity contribution is 4.87. The van der Waals surface area contributed by atoms with Gasteiger partial charge in [-0.3, -0.25) is 4.90 Å². The van der Waals surface area contributed by atoms with Crippen LogP contribution in [0.4, 0.5) is 0 Å². The Kier molecular flexibility index (Phi) is 7.15. The van der Waals surface area contributed by atoms with E-state index in [1.54, 1.807) is 7.11 Å². The van der Waals surface area contributed by atoms with Gasteiger partial charge in [-0.15, -0.1) is 0 Å². The first-order valence-corrected chi connectivity index (χ1v) is 7.24. The van der Waals surface area contributed by atoms with Crippen molar-refractivity contribution in [1.82, 2.24) is 4.90 Å². The largest absolute Gasteiger partial charge is 0.383 e. The van der Waals surface area contributed by atoms with Crippen LogP contribution >= 0.6 is 0 Å². The molecule has 4 nitrogen and oxygen atoms in total. The molecule has 0 aromatic rings. The molecule has 4 atom stereocenters. The van der Waals surface area contributed by atoms with Gasteiger partial charge in [-0.1, -0.05) is 6.92 Å². The van der Waals surface area contributed by atoms with Crippen molar-refractivity contribution in [2.45, 2.75) is 64.3 Å². The summed E-state index contributed by atoms with van der Waals surface area (Å²) in [6.45, 7) is 8.97. The van der Waals surface area contributed by atoms with Crippen LogP contribution in [-0.4, -0.2) is 56.0 Å². The predicted octanol–water partition coefficient (Wildman–Crippen LogP) is 1.63. The Morgan fingerprint density at radius 3 is 2.61 bits per heavy atom. The summed E-state index contributed by atoms with van der Waals surface area (Å²) in [5, 5.41) is 0. The maximum Gasteiger partial charge on any atom is 0.0747 e. The molecule has 0 saturated carbocycles. The van der Waals surface area contributed by atoms with Gasteiger partial charge in [0.15, 0.2) is 0 Å². The minimum atomic E-state index is 0.288. The third-order valence-corrected chi connectivity index (χ3v) is 4.07. The van der Waals surface area contributed by atoms with Gasteiger partial charge in [0, 0.05) is 32.3 Å². The lowest BCUT2D eigenvalue weighted by Crippen LogP contribution is -2.53. The quantitative estimate of drug-likeness (QED) is 0.719. The van der Waals surface area contributed by atoms with E-state index < -0.39 is 0 Å². The summed E-state index contributed by atoms with van der Waals surface area (Å²) >= 11 is 0. The zero-order valence-corrected chi connectivity index (χ0v) is 12.4. The molecule has 2 N–H and O–H groups in total. The van der Waals surface area contributed by atoms with E-state index in [1.807, 2.05) is 0 Å². The first-order chi connectivity index (χ1) is 8.63. The highest BCUT2D eigenvalue weighted by Crippen LogP contribution is 2.25. The van der Waals surface area contributed by atoms with Gasteiger partial charge in [0.25, 0.3) is 0 Å². The van der Waals surface area contributed by atoms with E-state index in [9.17, 15) is 0 Å². The Hall–Kier alpha value is -0.160. The van der Waals surface area contributed by atoms with Crippen molar-refractivity contribution < 1.29 is 9.47 Å². The monoisotopic (exact) mass is 258 g/mol. The van der Waals surface area contributed by atoms with E-state index in [0.717, 1.165) is 32.4 Å². The summed E-state index contributed by atoms with van der Waals surface area (Å²) in [7, 11) is 1.75. The number of ether oxygens (including phenoxy) is 2. The van der Waals surface area contributed by atoms with Gasteiger partial charge in [0.05, 0.1) is 18.8 Å². The van der Waals surface area contributed by atoms with Crippen molar-refractivity contribution in [3.05, 3.63) is 0 Å². The number of hydrogen-bond acceptors (Lipinski definition) is 4. The van der Waals surface area contributed by atoms with Gasteiger partial charge < -0.3 is 15.2 Å². The van der Waals surface area contributed by atoms with E-state index in [1.165, 1.54) is 0 Å². The summed E-state index contributed by atoms with van der Waals surface area (Å²) in [5.74, 6) is 0. The van der Waals surface area contributed by atoms with Crippen molar-refractivity contribution in [2.24, 2.45) is 5.73 Å².